The van der Waals surface area contributed by atoms with Crippen molar-refractivity contribution in [1.29, 1.82) is 0 Å². The van der Waals surface area contributed by atoms with Crippen LogP contribution in [0.3, 0.4) is 0 Å². The molecule has 1 amide bonds. The first-order valence-electron chi connectivity index (χ1n) is 7.17. The fourth-order valence-electron chi connectivity index (χ4n) is 2.41. The Labute approximate surface area is 130 Å². The lowest BCUT2D eigenvalue weighted by Gasteiger charge is -2.25. The van der Waals surface area contributed by atoms with E-state index in [1.165, 1.54) is 0 Å². The first-order valence-corrected chi connectivity index (χ1v) is 7.58. The Balaban J connectivity index is 2.04. The number of thiocarbonyl (C=S) groups is 1. The summed E-state index contributed by atoms with van der Waals surface area (Å²) in [6, 6.07) is 3.81. The van der Waals surface area contributed by atoms with Gasteiger partial charge in [-0.25, -0.2) is 0 Å². The number of hydrogen-bond acceptors (Lipinski definition) is 4. The zero-order chi connectivity index (χ0) is 15.2. The number of nitrogens with two attached hydrogens (primary N) is 1. The Morgan fingerprint density at radius 1 is 1.57 bits per heavy atom. The summed E-state index contributed by atoms with van der Waals surface area (Å²) in [6.45, 7) is 3.01. The van der Waals surface area contributed by atoms with Crippen molar-refractivity contribution >= 4 is 23.1 Å². The highest BCUT2D eigenvalue weighted by atomic mass is 32.1. The van der Waals surface area contributed by atoms with Gasteiger partial charge in [-0.15, -0.1) is 0 Å². The van der Waals surface area contributed by atoms with Gasteiger partial charge in [-0.05, 0) is 31.4 Å². The number of nitrogens with zero attached hydrogens (tertiary/aromatic N) is 2. The van der Waals surface area contributed by atoms with Crippen LogP contribution in [0.1, 0.15) is 31.7 Å². The van der Waals surface area contributed by atoms with Crippen LogP contribution in [0.15, 0.2) is 24.5 Å². The van der Waals surface area contributed by atoms with Crippen molar-refractivity contribution in [2.24, 2.45) is 5.73 Å². The van der Waals surface area contributed by atoms with Gasteiger partial charge in [0.2, 0.25) is 0 Å². The normalized spacial score (nSPS) is 21.2. The van der Waals surface area contributed by atoms with Crippen molar-refractivity contribution in [1.82, 2.24) is 9.88 Å². The number of carbonyl (C=O) groups is 1. The molecular formula is C15H21N3O2S. The minimum Gasteiger partial charge on any atom is -0.393 e. The van der Waals surface area contributed by atoms with E-state index in [1.54, 1.807) is 17.3 Å². The third kappa shape index (κ3) is 4.75. The Morgan fingerprint density at radius 3 is 2.95 bits per heavy atom. The Kier molecular flexibility index (Phi) is 5.64. The molecule has 0 bridgehead atoms. The molecule has 6 heteroatoms. The average molecular weight is 307 g/mol. The molecule has 0 radical (unpaired) electrons. The maximum absolute atomic E-state index is 12.6. The molecule has 1 saturated heterocycles. The molecule has 5 nitrogen and oxygen atoms in total. The van der Waals surface area contributed by atoms with Crippen LogP contribution in [0.2, 0.25) is 0 Å². The van der Waals surface area contributed by atoms with Gasteiger partial charge in [-0.2, -0.15) is 0 Å². The Morgan fingerprint density at radius 2 is 2.38 bits per heavy atom. The molecule has 0 spiro atoms. The predicted octanol–water partition coefficient (Wildman–Crippen LogP) is 1.65. The number of rotatable bonds is 6. The summed E-state index contributed by atoms with van der Waals surface area (Å²) >= 11 is 4.91. The molecule has 2 rings (SSSR count). The van der Waals surface area contributed by atoms with Gasteiger partial charge in [0.05, 0.1) is 11.1 Å². The molecule has 1 aliphatic heterocycles. The Hall–Kier alpha value is -1.53. The van der Waals surface area contributed by atoms with E-state index in [9.17, 15) is 4.79 Å². The molecule has 0 aromatic carbocycles. The molecule has 2 atom stereocenters. The summed E-state index contributed by atoms with van der Waals surface area (Å²) in [5.41, 5.74) is 6.55. The molecule has 1 aromatic heterocycles. The summed E-state index contributed by atoms with van der Waals surface area (Å²) in [6.07, 6.45) is 5.50. The van der Waals surface area contributed by atoms with E-state index < -0.39 is 0 Å². The van der Waals surface area contributed by atoms with Crippen molar-refractivity contribution in [3.8, 4) is 0 Å². The second-order valence-corrected chi connectivity index (χ2v) is 5.87. The fourth-order valence-corrected chi connectivity index (χ4v) is 2.50. The van der Waals surface area contributed by atoms with Crippen LogP contribution in [0, 0.1) is 0 Å². The van der Waals surface area contributed by atoms with Gasteiger partial charge >= 0.3 is 0 Å². The topological polar surface area (TPSA) is 68.5 Å². The van der Waals surface area contributed by atoms with Crippen molar-refractivity contribution in [2.75, 3.05) is 6.54 Å². The maximum atomic E-state index is 12.6. The molecule has 1 aliphatic rings. The molecule has 2 unspecified atom stereocenters. The van der Waals surface area contributed by atoms with Crippen molar-refractivity contribution in [3.63, 3.8) is 0 Å². The molecule has 2 heterocycles. The van der Waals surface area contributed by atoms with Crippen LogP contribution in [-0.4, -0.2) is 39.5 Å². The van der Waals surface area contributed by atoms with E-state index in [2.05, 4.69) is 4.98 Å². The highest BCUT2D eigenvalue weighted by Crippen LogP contribution is 2.21. The van der Waals surface area contributed by atoms with E-state index in [1.807, 2.05) is 19.1 Å². The van der Waals surface area contributed by atoms with Gasteiger partial charge in [0.1, 0.15) is 6.10 Å². The highest BCUT2D eigenvalue weighted by molar-refractivity contribution is 7.80. The number of hydrogen-bond donors (Lipinski definition) is 1. The molecule has 0 aliphatic carbocycles. The van der Waals surface area contributed by atoms with Crippen LogP contribution in [0.4, 0.5) is 0 Å². The SMILES string of the molecule is CC1CCC(C(=O)N(CCC(N)=S)Cc2cccnc2)O1. The minimum absolute atomic E-state index is 0.0134. The molecule has 0 saturated carbocycles. The van der Waals surface area contributed by atoms with Crippen LogP contribution in [0.5, 0.6) is 0 Å². The monoisotopic (exact) mass is 307 g/mol. The van der Waals surface area contributed by atoms with E-state index in [0.29, 0.717) is 24.5 Å². The summed E-state index contributed by atoms with van der Waals surface area (Å²) in [7, 11) is 0. The molecular weight excluding hydrogens is 286 g/mol. The van der Waals surface area contributed by atoms with Crippen molar-refractivity contribution in [2.45, 2.75) is 44.9 Å². The molecule has 1 fully saturated rings. The number of aromatic nitrogens is 1. The summed E-state index contributed by atoms with van der Waals surface area (Å²) in [5, 5.41) is 0. The number of amides is 1. The van der Waals surface area contributed by atoms with E-state index in [-0.39, 0.29) is 18.1 Å². The first kappa shape index (κ1) is 15.9. The van der Waals surface area contributed by atoms with Crippen LogP contribution in [-0.2, 0) is 16.1 Å². The lowest BCUT2D eigenvalue weighted by molar-refractivity contribution is -0.143. The molecule has 2 N–H and O–H groups in total. The molecule has 114 valence electrons. The standard InChI is InChI=1S/C15H21N3O2S/c1-11-4-5-13(20-11)15(19)18(8-6-14(16)21)10-12-3-2-7-17-9-12/h2-3,7,9,11,13H,4-6,8,10H2,1H3,(H2,16,21). The second-order valence-electron chi connectivity index (χ2n) is 5.35. The van der Waals surface area contributed by atoms with Gasteiger partial charge < -0.3 is 15.4 Å². The van der Waals surface area contributed by atoms with Crippen molar-refractivity contribution < 1.29 is 9.53 Å². The van der Waals surface area contributed by atoms with Gasteiger partial charge in [0, 0.05) is 31.9 Å². The first-order chi connectivity index (χ1) is 10.1. The van der Waals surface area contributed by atoms with Crippen LogP contribution in [0.25, 0.3) is 0 Å². The summed E-state index contributed by atoms with van der Waals surface area (Å²) in [4.78, 5) is 18.9. The third-order valence-electron chi connectivity index (χ3n) is 3.54. The van der Waals surface area contributed by atoms with E-state index in [4.69, 9.17) is 22.7 Å². The number of pyridine rings is 1. The average Bonchev–Trinajstić information content (AvgIpc) is 2.90. The van der Waals surface area contributed by atoms with Gasteiger partial charge in [0.25, 0.3) is 5.91 Å². The van der Waals surface area contributed by atoms with Gasteiger partial charge in [-0.3, -0.25) is 9.78 Å². The Bertz CT molecular complexity index is 495. The number of ether oxygens (including phenoxy) is 1. The third-order valence-corrected chi connectivity index (χ3v) is 3.75. The lowest BCUT2D eigenvalue weighted by Crippen LogP contribution is -2.40. The largest absolute Gasteiger partial charge is 0.393 e. The molecule has 21 heavy (non-hydrogen) atoms. The van der Waals surface area contributed by atoms with Crippen LogP contribution < -0.4 is 5.73 Å². The van der Waals surface area contributed by atoms with Crippen LogP contribution >= 0.6 is 12.2 Å². The molecule has 1 aromatic rings. The van der Waals surface area contributed by atoms with E-state index >= 15 is 0 Å². The smallest absolute Gasteiger partial charge is 0.252 e. The fraction of sp³-hybridized carbons (Fsp3) is 0.533. The zero-order valence-electron chi connectivity index (χ0n) is 12.2. The van der Waals surface area contributed by atoms with Gasteiger partial charge in [0.15, 0.2) is 0 Å². The highest BCUT2D eigenvalue weighted by Gasteiger charge is 2.31. The van der Waals surface area contributed by atoms with Gasteiger partial charge in [-0.1, -0.05) is 18.3 Å². The number of carbonyl (C=O) groups excluding carboxylic acids is 1. The van der Waals surface area contributed by atoms with E-state index in [0.717, 1.165) is 18.4 Å². The van der Waals surface area contributed by atoms with Crippen molar-refractivity contribution in [3.05, 3.63) is 30.1 Å². The quantitative estimate of drug-likeness (QED) is 0.809. The summed E-state index contributed by atoms with van der Waals surface area (Å²) in [5.74, 6) is 0.0134. The lowest BCUT2D eigenvalue weighted by atomic mass is 10.1. The predicted molar refractivity (Wildman–Crippen MR) is 84.6 cm³/mol. The minimum atomic E-state index is -0.344. The second kappa shape index (κ2) is 7.47. The summed E-state index contributed by atoms with van der Waals surface area (Å²) < 4.78 is 5.68. The maximum Gasteiger partial charge on any atom is 0.252 e. The zero-order valence-corrected chi connectivity index (χ0v) is 13.0.